The molecule has 0 amide bonds. The molecule has 3 N–H and O–H groups in total. The van der Waals surface area contributed by atoms with Gasteiger partial charge in [0.05, 0.1) is 9.82 Å². The van der Waals surface area contributed by atoms with Gasteiger partial charge in [-0.2, -0.15) is 0 Å². The number of hydrogen-bond donors (Lipinski definition) is 3. The Labute approximate surface area is 183 Å². The number of nitrogens with one attached hydrogen (secondary N) is 3. The maximum atomic E-state index is 11.6. The number of nitro benzene ring substituents is 1. The van der Waals surface area contributed by atoms with Crippen LogP contribution in [0.3, 0.4) is 0 Å². The molecule has 1 unspecified atom stereocenters. The smallest absolute Gasteiger partial charge is 0.293 e. The minimum Gasteiger partial charge on any atom is -0.378 e. The van der Waals surface area contributed by atoms with Gasteiger partial charge in [-0.1, -0.05) is 36.8 Å². The second-order valence-electron chi connectivity index (χ2n) is 7.33. The summed E-state index contributed by atoms with van der Waals surface area (Å²) in [4.78, 5) is 14.8. The SMILES string of the molecule is CN=C(NCCNc1ccc(S(C)(=O)=O)cc1[N+](=O)[O-])NCC(C)c1cccc(C)c1. The van der Waals surface area contributed by atoms with Crippen LogP contribution in [0.4, 0.5) is 11.4 Å². The number of guanidine groups is 1. The zero-order valence-electron chi connectivity index (χ0n) is 18.2. The van der Waals surface area contributed by atoms with Gasteiger partial charge in [-0.25, -0.2) is 8.42 Å². The van der Waals surface area contributed by atoms with Crippen LogP contribution in [0.1, 0.15) is 24.0 Å². The van der Waals surface area contributed by atoms with E-state index in [4.69, 9.17) is 0 Å². The van der Waals surface area contributed by atoms with E-state index in [1.54, 1.807) is 7.05 Å². The molecule has 0 fully saturated rings. The predicted octanol–water partition coefficient (Wildman–Crippen LogP) is 2.69. The van der Waals surface area contributed by atoms with Gasteiger partial charge >= 0.3 is 0 Å². The van der Waals surface area contributed by atoms with Gasteiger partial charge in [0.15, 0.2) is 15.8 Å². The van der Waals surface area contributed by atoms with Crippen molar-refractivity contribution in [1.29, 1.82) is 0 Å². The van der Waals surface area contributed by atoms with Crippen LogP contribution < -0.4 is 16.0 Å². The minimum absolute atomic E-state index is 0.0878. The first-order valence-corrected chi connectivity index (χ1v) is 11.7. The highest BCUT2D eigenvalue weighted by Crippen LogP contribution is 2.27. The summed E-state index contributed by atoms with van der Waals surface area (Å²) >= 11 is 0. The van der Waals surface area contributed by atoms with Crippen molar-refractivity contribution < 1.29 is 13.3 Å². The maximum absolute atomic E-state index is 11.6. The molecule has 0 saturated carbocycles. The van der Waals surface area contributed by atoms with Crippen molar-refractivity contribution in [3.63, 3.8) is 0 Å². The molecule has 9 nitrogen and oxygen atoms in total. The molecule has 168 valence electrons. The third-order valence-corrected chi connectivity index (χ3v) is 5.85. The highest BCUT2D eigenvalue weighted by atomic mass is 32.2. The molecule has 2 aromatic carbocycles. The second-order valence-corrected chi connectivity index (χ2v) is 9.35. The number of aliphatic imine (C=N–C) groups is 1. The quantitative estimate of drug-likeness (QED) is 0.177. The number of aryl methyl sites for hydroxylation is 1. The number of hydrogen-bond acceptors (Lipinski definition) is 6. The van der Waals surface area contributed by atoms with Gasteiger partial charge in [-0.15, -0.1) is 0 Å². The Morgan fingerprint density at radius 3 is 2.52 bits per heavy atom. The number of nitro groups is 1. The third-order valence-electron chi connectivity index (χ3n) is 4.74. The van der Waals surface area contributed by atoms with Crippen molar-refractivity contribution in [2.75, 3.05) is 38.3 Å². The highest BCUT2D eigenvalue weighted by molar-refractivity contribution is 7.90. The molecule has 0 spiro atoms. The van der Waals surface area contributed by atoms with Crippen molar-refractivity contribution in [2.45, 2.75) is 24.7 Å². The summed E-state index contributed by atoms with van der Waals surface area (Å²) in [5, 5.41) is 20.7. The Bertz CT molecular complexity index is 1050. The van der Waals surface area contributed by atoms with E-state index >= 15 is 0 Å². The molecule has 0 aromatic heterocycles. The average Bonchev–Trinajstić information content (AvgIpc) is 2.72. The molecule has 0 radical (unpaired) electrons. The van der Waals surface area contributed by atoms with Crippen molar-refractivity contribution in [3.8, 4) is 0 Å². The highest BCUT2D eigenvalue weighted by Gasteiger charge is 2.18. The van der Waals surface area contributed by atoms with E-state index in [9.17, 15) is 18.5 Å². The maximum Gasteiger partial charge on any atom is 0.293 e. The summed E-state index contributed by atoms with van der Waals surface area (Å²) in [5.74, 6) is 0.927. The van der Waals surface area contributed by atoms with Crippen molar-refractivity contribution in [3.05, 3.63) is 63.7 Å². The molecule has 0 aliphatic heterocycles. The first-order valence-electron chi connectivity index (χ1n) is 9.85. The largest absolute Gasteiger partial charge is 0.378 e. The lowest BCUT2D eigenvalue weighted by Gasteiger charge is -2.17. The van der Waals surface area contributed by atoms with Crippen LogP contribution in [-0.2, 0) is 9.84 Å². The number of benzene rings is 2. The molecule has 0 saturated heterocycles. The van der Waals surface area contributed by atoms with Crippen molar-refractivity contribution in [1.82, 2.24) is 10.6 Å². The van der Waals surface area contributed by atoms with E-state index < -0.39 is 14.8 Å². The molecular weight excluding hydrogens is 418 g/mol. The lowest BCUT2D eigenvalue weighted by molar-refractivity contribution is -0.384. The summed E-state index contributed by atoms with van der Waals surface area (Å²) < 4.78 is 23.3. The molecule has 31 heavy (non-hydrogen) atoms. The van der Waals surface area contributed by atoms with E-state index in [1.807, 2.05) is 6.07 Å². The van der Waals surface area contributed by atoms with E-state index in [-0.39, 0.29) is 16.3 Å². The number of nitrogens with zero attached hydrogens (tertiary/aromatic N) is 2. The van der Waals surface area contributed by atoms with Gasteiger partial charge in [0.2, 0.25) is 0 Å². The van der Waals surface area contributed by atoms with Crippen LogP contribution in [0.15, 0.2) is 52.4 Å². The van der Waals surface area contributed by atoms with Crippen LogP contribution in [-0.4, -0.2) is 52.2 Å². The molecule has 10 heteroatoms. The Kier molecular flexibility index (Phi) is 8.38. The molecule has 0 aliphatic rings. The first kappa shape index (κ1) is 24.1. The van der Waals surface area contributed by atoms with Crippen LogP contribution >= 0.6 is 0 Å². The lowest BCUT2D eigenvalue weighted by atomic mass is 9.99. The Hall–Kier alpha value is -3.14. The van der Waals surface area contributed by atoms with Gasteiger partial charge in [-0.3, -0.25) is 15.1 Å². The summed E-state index contributed by atoms with van der Waals surface area (Å²) in [5.41, 5.74) is 2.44. The Balaban J connectivity index is 1.87. The van der Waals surface area contributed by atoms with Crippen molar-refractivity contribution >= 4 is 27.2 Å². The average molecular weight is 448 g/mol. The summed E-state index contributed by atoms with van der Waals surface area (Å²) in [6.45, 7) is 5.75. The zero-order valence-corrected chi connectivity index (χ0v) is 19.0. The van der Waals surface area contributed by atoms with Crippen LogP contribution in [0.2, 0.25) is 0 Å². The van der Waals surface area contributed by atoms with Crippen LogP contribution in [0, 0.1) is 17.0 Å². The molecule has 0 aliphatic carbocycles. The van der Waals surface area contributed by atoms with Crippen LogP contribution in [0.5, 0.6) is 0 Å². The Morgan fingerprint density at radius 1 is 1.16 bits per heavy atom. The lowest BCUT2D eigenvalue weighted by Crippen LogP contribution is -2.41. The van der Waals surface area contributed by atoms with Crippen molar-refractivity contribution in [2.24, 2.45) is 4.99 Å². The molecule has 1 atom stereocenters. The van der Waals surface area contributed by atoms with E-state index in [2.05, 4.69) is 53.0 Å². The first-order chi connectivity index (χ1) is 14.6. The minimum atomic E-state index is -3.52. The fourth-order valence-corrected chi connectivity index (χ4v) is 3.63. The summed E-state index contributed by atoms with van der Waals surface area (Å²) in [7, 11) is -1.84. The topological polar surface area (TPSA) is 126 Å². The molecule has 0 heterocycles. The van der Waals surface area contributed by atoms with Gasteiger partial charge in [-0.05, 0) is 30.5 Å². The third kappa shape index (κ3) is 7.25. The molecule has 2 aromatic rings. The van der Waals surface area contributed by atoms with E-state index in [1.165, 1.54) is 23.3 Å². The van der Waals surface area contributed by atoms with Gasteiger partial charge in [0.1, 0.15) is 5.69 Å². The second kappa shape index (κ2) is 10.8. The molecule has 2 rings (SSSR count). The molecule has 0 bridgehead atoms. The van der Waals surface area contributed by atoms with Gasteiger partial charge in [0, 0.05) is 39.0 Å². The van der Waals surface area contributed by atoms with E-state index in [0.29, 0.717) is 31.5 Å². The molecular formula is C21H29N5O4S. The predicted molar refractivity (Wildman–Crippen MR) is 124 cm³/mol. The van der Waals surface area contributed by atoms with Gasteiger partial charge < -0.3 is 16.0 Å². The van der Waals surface area contributed by atoms with E-state index in [0.717, 1.165) is 12.3 Å². The number of anilines is 1. The summed E-state index contributed by atoms with van der Waals surface area (Å²) in [6.07, 6.45) is 1.02. The normalized spacial score (nSPS) is 12.8. The fourth-order valence-electron chi connectivity index (χ4n) is 2.99. The Morgan fingerprint density at radius 2 is 1.90 bits per heavy atom. The zero-order chi connectivity index (χ0) is 23.0. The van der Waals surface area contributed by atoms with Crippen LogP contribution in [0.25, 0.3) is 0 Å². The number of rotatable bonds is 9. The number of sulfone groups is 1. The monoisotopic (exact) mass is 447 g/mol. The standard InChI is InChI=1S/C21H29N5O4S/c1-15-6-5-7-17(12-15)16(2)14-25-21(22-3)24-11-10-23-19-9-8-18(31(4,29)30)13-20(19)26(27)28/h5-9,12-13,16,23H,10-11,14H2,1-4H3,(H2,22,24,25). The van der Waals surface area contributed by atoms with Gasteiger partial charge in [0.25, 0.3) is 5.69 Å². The summed E-state index contributed by atoms with van der Waals surface area (Å²) in [6, 6.07) is 12.2. The fraction of sp³-hybridized carbons (Fsp3) is 0.381.